The summed E-state index contributed by atoms with van der Waals surface area (Å²) in [5, 5.41) is 10.6. The molecule has 1 amide bonds. The molecule has 0 bridgehead atoms. The van der Waals surface area contributed by atoms with Crippen molar-refractivity contribution in [2.24, 2.45) is 0 Å². The van der Waals surface area contributed by atoms with Gasteiger partial charge in [0.2, 0.25) is 0 Å². The summed E-state index contributed by atoms with van der Waals surface area (Å²) in [5.41, 5.74) is 1.44. The third-order valence-electron chi connectivity index (χ3n) is 4.60. The number of amides is 1. The lowest BCUT2D eigenvalue weighted by atomic mass is 9.96. The number of carbonyl (C=O) groups is 2. The molecule has 0 spiro atoms. The first-order chi connectivity index (χ1) is 14.2. The van der Waals surface area contributed by atoms with Crippen LogP contribution < -0.4 is 4.90 Å². The second-order valence-electron chi connectivity index (χ2n) is 6.42. The fourth-order valence-corrected chi connectivity index (χ4v) is 3.27. The highest BCUT2D eigenvalue weighted by molar-refractivity contribution is 6.19. The topological polar surface area (TPSA) is 83.4 Å². The zero-order chi connectivity index (χ0) is 20.2. The van der Waals surface area contributed by atoms with Crippen LogP contribution in [0, 0.1) is 0 Å². The minimum atomic E-state index is -0.820. The summed E-state index contributed by atoms with van der Waals surface area (Å²) in [5.74, 6) is -1.36. The largest absolute Gasteiger partial charge is 0.503 e. The third-order valence-corrected chi connectivity index (χ3v) is 4.60. The van der Waals surface area contributed by atoms with Crippen LogP contribution in [0.25, 0.3) is 6.08 Å². The smallest absolute Gasteiger partial charge is 0.295 e. The van der Waals surface area contributed by atoms with Crippen molar-refractivity contribution in [1.82, 2.24) is 9.97 Å². The number of aliphatic hydroxyl groups is 1. The Labute approximate surface area is 167 Å². The summed E-state index contributed by atoms with van der Waals surface area (Å²) in [6.45, 7) is 0. The van der Waals surface area contributed by atoms with Crippen molar-refractivity contribution in [2.45, 2.75) is 6.04 Å². The molecular formula is C23H17N3O3. The first-order valence-corrected chi connectivity index (χ1v) is 9.02. The number of benzene rings is 1. The average molecular weight is 383 g/mol. The van der Waals surface area contributed by atoms with Crippen molar-refractivity contribution in [1.29, 1.82) is 0 Å². The van der Waals surface area contributed by atoms with E-state index in [2.05, 4.69) is 9.97 Å². The molecule has 2 aromatic heterocycles. The number of pyridine rings is 2. The van der Waals surface area contributed by atoms with Gasteiger partial charge in [-0.15, -0.1) is 0 Å². The van der Waals surface area contributed by atoms with Crippen molar-refractivity contribution in [2.75, 3.05) is 4.90 Å². The quantitative estimate of drug-likeness (QED) is 0.680. The summed E-state index contributed by atoms with van der Waals surface area (Å²) in [7, 11) is 0. The fourth-order valence-electron chi connectivity index (χ4n) is 3.27. The Morgan fingerprint density at radius 3 is 2.48 bits per heavy atom. The molecule has 0 radical (unpaired) electrons. The van der Waals surface area contributed by atoms with E-state index in [1.165, 1.54) is 11.0 Å². The van der Waals surface area contributed by atoms with Crippen LogP contribution in [0.4, 0.5) is 5.82 Å². The van der Waals surface area contributed by atoms with Gasteiger partial charge in [0, 0.05) is 18.6 Å². The van der Waals surface area contributed by atoms with E-state index in [-0.39, 0.29) is 5.57 Å². The van der Waals surface area contributed by atoms with E-state index < -0.39 is 23.5 Å². The van der Waals surface area contributed by atoms with Crippen molar-refractivity contribution in [3.05, 3.63) is 108 Å². The van der Waals surface area contributed by atoms with Crippen LogP contribution in [0.5, 0.6) is 0 Å². The molecule has 142 valence electrons. The monoisotopic (exact) mass is 383 g/mol. The Kier molecular flexibility index (Phi) is 4.99. The summed E-state index contributed by atoms with van der Waals surface area (Å²) in [6.07, 6.45) is 7.73. The molecule has 4 rings (SSSR count). The Hall–Kier alpha value is -4.06. The Bertz CT molecular complexity index is 1090. The van der Waals surface area contributed by atoms with Crippen LogP contribution >= 0.6 is 0 Å². The van der Waals surface area contributed by atoms with Gasteiger partial charge in [0.1, 0.15) is 5.82 Å². The van der Waals surface area contributed by atoms with E-state index in [4.69, 9.17) is 0 Å². The van der Waals surface area contributed by atoms with Gasteiger partial charge in [-0.05, 0) is 35.4 Å². The normalized spacial score (nSPS) is 16.6. The molecular weight excluding hydrogens is 366 g/mol. The fraction of sp³-hybridized carbons (Fsp3) is 0.0435. The maximum atomic E-state index is 13.0. The average Bonchev–Trinajstić information content (AvgIpc) is 3.05. The Balaban J connectivity index is 1.77. The molecule has 1 aliphatic heterocycles. The molecule has 1 N–H and O–H groups in total. The molecule has 6 nitrogen and oxygen atoms in total. The molecule has 3 aromatic rings. The number of allylic oxidation sites excluding steroid dienone is 1. The maximum absolute atomic E-state index is 13.0. The van der Waals surface area contributed by atoms with Gasteiger partial charge in [0.05, 0.1) is 11.6 Å². The highest BCUT2D eigenvalue weighted by Gasteiger charge is 2.44. The summed E-state index contributed by atoms with van der Waals surface area (Å²) >= 11 is 0. The number of nitrogens with zero attached hydrogens (tertiary/aromatic N) is 3. The van der Waals surface area contributed by atoms with E-state index in [0.29, 0.717) is 11.4 Å². The summed E-state index contributed by atoms with van der Waals surface area (Å²) in [6, 6.07) is 17.1. The predicted molar refractivity (Wildman–Crippen MR) is 109 cm³/mol. The molecule has 1 aromatic carbocycles. The number of ketones is 1. The van der Waals surface area contributed by atoms with Crippen LogP contribution in [0.3, 0.4) is 0 Å². The van der Waals surface area contributed by atoms with Crippen LogP contribution in [0.15, 0.2) is 96.7 Å². The van der Waals surface area contributed by atoms with E-state index in [0.717, 1.165) is 5.56 Å². The van der Waals surface area contributed by atoms with Gasteiger partial charge in [-0.3, -0.25) is 19.5 Å². The standard InChI is InChI=1S/C23H17N3O3/c27-18(12-11-16-7-2-1-3-8-16)20-21(17-9-6-13-24-15-17)26(23(29)22(20)28)19-10-4-5-14-25-19/h1-15,21,28H/b12-11+/t21-/m1/s1. The molecule has 0 saturated heterocycles. The summed E-state index contributed by atoms with van der Waals surface area (Å²) < 4.78 is 0. The van der Waals surface area contributed by atoms with Gasteiger partial charge in [-0.1, -0.05) is 48.5 Å². The van der Waals surface area contributed by atoms with Gasteiger partial charge in [-0.25, -0.2) is 4.98 Å². The lowest BCUT2D eigenvalue weighted by Gasteiger charge is -2.25. The second kappa shape index (κ2) is 7.90. The number of anilines is 1. The second-order valence-corrected chi connectivity index (χ2v) is 6.42. The van der Waals surface area contributed by atoms with E-state index in [1.54, 1.807) is 55.0 Å². The number of hydrogen-bond acceptors (Lipinski definition) is 5. The van der Waals surface area contributed by atoms with E-state index in [1.807, 2.05) is 30.3 Å². The third kappa shape index (κ3) is 3.55. The zero-order valence-corrected chi connectivity index (χ0v) is 15.3. The van der Waals surface area contributed by atoms with Crippen molar-refractivity contribution >= 4 is 23.6 Å². The number of hydrogen-bond donors (Lipinski definition) is 1. The van der Waals surface area contributed by atoms with Crippen LogP contribution in [-0.4, -0.2) is 26.8 Å². The molecule has 1 aliphatic rings. The molecule has 0 aliphatic carbocycles. The molecule has 6 heteroatoms. The SMILES string of the molecule is O=C(/C=C/c1ccccc1)C1=C(O)C(=O)N(c2ccccn2)[C@@H]1c1cccnc1. The van der Waals surface area contributed by atoms with Gasteiger partial charge < -0.3 is 5.11 Å². The number of carbonyl (C=O) groups excluding carboxylic acids is 2. The van der Waals surface area contributed by atoms with Gasteiger partial charge >= 0.3 is 0 Å². The number of aliphatic hydroxyl groups excluding tert-OH is 1. The lowest BCUT2D eigenvalue weighted by Crippen LogP contribution is -2.31. The minimum absolute atomic E-state index is 0.000772. The molecule has 29 heavy (non-hydrogen) atoms. The van der Waals surface area contributed by atoms with Crippen molar-refractivity contribution in [3.63, 3.8) is 0 Å². The van der Waals surface area contributed by atoms with Crippen molar-refractivity contribution in [3.8, 4) is 0 Å². The number of aromatic nitrogens is 2. The first-order valence-electron chi connectivity index (χ1n) is 9.02. The van der Waals surface area contributed by atoms with Crippen LogP contribution in [0.2, 0.25) is 0 Å². The molecule has 0 saturated carbocycles. The van der Waals surface area contributed by atoms with Gasteiger partial charge in [-0.2, -0.15) is 0 Å². The number of rotatable bonds is 5. The lowest BCUT2D eigenvalue weighted by molar-refractivity contribution is -0.117. The highest BCUT2D eigenvalue weighted by Crippen LogP contribution is 2.40. The van der Waals surface area contributed by atoms with Gasteiger partial charge in [0.25, 0.3) is 5.91 Å². The Morgan fingerprint density at radius 1 is 1.00 bits per heavy atom. The maximum Gasteiger partial charge on any atom is 0.295 e. The van der Waals surface area contributed by atoms with Gasteiger partial charge in [0.15, 0.2) is 11.5 Å². The van der Waals surface area contributed by atoms with Crippen LogP contribution in [-0.2, 0) is 9.59 Å². The zero-order valence-electron chi connectivity index (χ0n) is 15.3. The Morgan fingerprint density at radius 2 is 1.79 bits per heavy atom. The van der Waals surface area contributed by atoms with E-state index in [9.17, 15) is 14.7 Å². The highest BCUT2D eigenvalue weighted by atomic mass is 16.3. The molecule has 3 heterocycles. The molecule has 1 atom stereocenters. The van der Waals surface area contributed by atoms with E-state index >= 15 is 0 Å². The van der Waals surface area contributed by atoms with Crippen molar-refractivity contribution < 1.29 is 14.7 Å². The molecule has 0 unspecified atom stereocenters. The van der Waals surface area contributed by atoms with Crippen LogP contribution in [0.1, 0.15) is 17.2 Å². The summed E-state index contributed by atoms with van der Waals surface area (Å²) in [4.78, 5) is 35.5. The first kappa shape index (κ1) is 18.3. The predicted octanol–water partition coefficient (Wildman–Crippen LogP) is 3.66. The minimum Gasteiger partial charge on any atom is -0.503 e. The molecule has 0 fully saturated rings.